The van der Waals surface area contributed by atoms with E-state index in [1.54, 1.807) is 9.80 Å². The van der Waals surface area contributed by atoms with Gasteiger partial charge in [0, 0.05) is 6.54 Å². The molecule has 0 radical (unpaired) electrons. The number of carbonyl (C=O) groups is 2. The van der Waals surface area contributed by atoms with Crippen LogP contribution in [-0.4, -0.2) is 46.8 Å². The van der Waals surface area contributed by atoms with E-state index in [-0.39, 0.29) is 30.4 Å². The van der Waals surface area contributed by atoms with Crippen LogP contribution in [0, 0.1) is 12.3 Å². The lowest BCUT2D eigenvalue weighted by molar-refractivity contribution is -0.163. The largest absolute Gasteiger partial charge is 0.329 e. The quantitative estimate of drug-likeness (QED) is 0.657. The number of fused-ring (bicyclic) bond motifs is 1. The fraction of sp³-hybridized carbons (Fsp3) is 0.692. The number of rotatable bonds is 2. The molecular formula is C13H18N2O2. The zero-order valence-electron chi connectivity index (χ0n) is 10.2. The molecule has 4 heteroatoms. The smallest absolute Gasteiger partial charge is 0.246 e. The van der Waals surface area contributed by atoms with E-state index in [0.29, 0.717) is 6.42 Å². The summed E-state index contributed by atoms with van der Waals surface area (Å²) in [5.74, 6) is 2.59. The summed E-state index contributed by atoms with van der Waals surface area (Å²) >= 11 is 0. The van der Waals surface area contributed by atoms with Crippen molar-refractivity contribution < 1.29 is 9.59 Å². The Hall–Kier alpha value is -1.50. The standard InChI is InChI=1S/C13H18N2O2/c1-3-8-14-10(4-2)12(16)15-9-6-5-7-11(15)13(14)17/h1,10-11H,4-9H2,2H3. The van der Waals surface area contributed by atoms with Crippen molar-refractivity contribution in [2.45, 2.75) is 44.7 Å². The lowest BCUT2D eigenvalue weighted by atomic mass is 9.94. The van der Waals surface area contributed by atoms with Crippen LogP contribution in [0.3, 0.4) is 0 Å². The second kappa shape index (κ2) is 4.79. The lowest BCUT2D eigenvalue weighted by Crippen LogP contribution is -2.65. The van der Waals surface area contributed by atoms with Gasteiger partial charge < -0.3 is 9.80 Å². The van der Waals surface area contributed by atoms with E-state index < -0.39 is 0 Å². The summed E-state index contributed by atoms with van der Waals surface area (Å²) in [4.78, 5) is 27.9. The molecule has 0 spiro atoms. The first kappa shape index (κ1) is 12.0. The molecule has 2 saturated heterocycles. The summed E-state index contributed by atoms with van der Waals surface area (Å²) in [6.07, 6.45) is 8.71. The fourth-order valence-corrected chi connectivity index (χ4v) is 2.80. The van der Waals surface area contributed by atoms with Crippen LogP contribution in [0.5, 0.6) is 0 Å². The number of terminal acetylenes is 1. The molecule has 2 unspecified atom stereocenters. The van der Waals surface area contributed by atoms with Crippen LogP contribution in [0.25, 0.3) is 0 Å². The molecule has 0 bridgehead atoms. The molecule has 0 N–H and O–H groups in total. The highest BCUT2D eigenvalue weighted by molar-refractivity contribution is 5.97. The third-order valence-corrected chi connectivity index (χ3v) is 3.66. The molecule has 2 aliphatic rings. The van der Waals surface area contributed by atoms with Gasteiger partial charge in [-0.1, -0.05) is 12.8 Å². The molecule has 2 fully saturated rings. The third-order valence-electron chi connectivity index (χ3n) is 3.66. The molecule has 2 rings (SSSR count). The van der Waals surface area contributed by atoms with Crippen molar-refractivity contribution in [3.05, 3.63) is 0 Å². The van der Waals surface area contributed by atoms with Crippen molar-refractivity contribution in [2.75, 3.05) is 13.1 Å². The minimum Gasteiger partial charge on any atom is -0.329 e. The molecule has 0 saturated carbocycles. The summed E-state index contributed by atoms with van der Waals surface area (Å²) in [5, 5.41) is 0. The Balaban J connectivity index is 2.27. The normalized spacial score (nSPS) is 28.9. The summed E-state index contributed by atoms with van der Waals surface area (Å²) in [7, 11) is 0. The van der Waals surface area contributed by atoms with Gasteiger partial charge >= 0.3 is 0 Å². The van der Waals surface area contributed by atoms with Gasteiger partial charge in [-0.3, -0.25) is 9.59 Å². The van der Waals surface area contributed by atoms with Gasteiger partial charge in [-0.25, -0.2) is 0 Å². The van der Waals surface area contributed by atoms with Gasteiger partial charge in [0.1, 0.15) is 12.1 Å². The van der Waals surface area contributed by atoms with Crippen molar-refractivity contribution >= 4 is 11.8 Å². The minimum atomic E-state index is -0.354. The minimum absolute atomic E-state index is 0.0362. The first-order valence-corrected chi connectivity index (χ1v) is 6.25. The zero-order valence-corrected chi connectivity index (χ0v) is 10.2. The Morgan fingerprint density at radius 1 is 1.35 bits per heavy atom. The predicted octanol–water partition coefficient (Wildman–Crippen LogP) is 0.621. The lowest BCUT2D eigenvalue weighted by Gasteiger charge is -2.46. The molecule has 92 valence electrons. The van der Waals surface area contributed by atoms with Crippen LogP contribution in [0.15, 0.2) is 0 Å². The highest BCUT2D eigenvalue weighted by Crippen LogP contribution is 2.27. The average Bonchev–Trinajstić information content (AvgIpc) is 2.36. The zero-order chi connectivity index (χ0) is 12.4. The summed E-state index contributed by atoms with van der Waals surface area (Å²) in [6.45, 7) is 2.88. The molecule has 0 aliphatic carbocycles. The second-order valence-electron chi connectivity index (χ2n) is 4.64. The number of hydrogen-bond acceptors (Lipinski definition) is 2. The topological polar surface area (TPSA) is 40.6 Å². The summed E-state index contributed by atoms with van der Waals surface area (Å²) in [6, 6.07) is -0.611. The van der Waals surface area contributed by atoms with Crippen LogP contribution in [0.2, 0.25) is 0 Å². The predicted molar refractivity (Wildman–Crippen MR) is 64.0 cm³/mol. The maximum Gasteiger partial charge on any atom is 0.246 e. The molecule has 0 aromatic heterocycles. The molecule has 2 aliphatic heterocycles. The second-order valence-corrected chi connectivity index (χ2v) is 4.64. The van der Waals surface area contributed by atoms with E-state index in [4.69, 9.17) is 6.42 Å². The Labute approximate surface area is 102 Å². The first-order chi connectivity index (χ1) is 8.20. The Bertz CT molecular complexity index is 372. The number of carbonyl (C=O) groups excluding carboxylic acids is 2. The molecule has 4 nitrogen and oxygen atoms in total. The van der Waals surface area contributed by atoms with Crippen LogP contribution in [0.1, 0.15) is 32.6 Å². The Morgan fingerprint density at radius 3 is 2.76 bits per heavy atom. The average molecular weight is 234 g/mol. The van der Waals surface area contributed by atoms with E-state index in [0.717, 1.165) is 25.8 Å². The van der Waals surface area contributed by atoms with Crippen LogP contribution in [-0.2, 0) is 9.59 Å². The van der Waals surface area contributed by atoms with Crippen molar-refractivity contribution in [3.63, 3.8) is 0 Å². The maximum atomic E-state index is 12.3. The van der Waals surface area contributed by atoms with Gasteiger partial charge in [-0.2, -0.15) is 0 Å². The molecular weight excluding hydrogens is 216 g/mol. The van der Waals surface area contributed by atoms with E-state index in [1.165, 1.54) is 0 Å². The fourth-order valence-electron chi connectivity index (χ4n) is 2.80. The molecule has 2 atom stereocenters. The SMILES string of the molecule is C#CCN1C(=O)C2CCCCN2C(=O)C1CC. The van der Waals surface area contributed by atoms with E-state index >= 15 is 0 Å². The van der Waals surface area contributed by atoms with Crippen molar-refractivity contribution in [1.82, 2.24) is 9.80 Å². The van der Waals surface area contributed by atoms with E-state index in [9.17, 15) is 9.59 Å². The van der Waals surface area contributed by atoms with Crippen LogP contribution < -0.4 is 0 Å². The van der Waals surface area contributed by atoms with Gasteiger partial charge in [0.15, 0.2) is 0 Å². The van der Waals surface area contributed by atoms with Gasteiger partial charge in [0.2, 0.25) is 11.8 Å². The molecule has 0 aromatic carbocycles. The Morgan fingerprint density at radius 2 is 2.12 bits per heavy atom. The number of hydrogen-bond donors (Lipinski definition) is 0. The van der Waals surface area contributed by atoms with Crippen LogP contribution >= 0.6 is 0 Å². The Kier molecular flexibility index (Phi) is 3.37. The van der Waals surface area contributed by atoms with E-state index in [2.05, 4.69) is 5.92 Å². The van der Waals surface area contributed by atoms with Gasteiger partial charge in [0.05, 0.1) is 6.54 Å². The number of piperazine rings is 1. The van der Waals surface area contributed by atoms with Gasteiger partial charge in [0.25, 0.3) is 0 Å². The van der Waals surface area contributed by atoms with Gasteiger partial charge in [-0.05, 0) is 25.7 Å². The molecule has 2 amide bonds. The highest BCUT2D eigenvalue weighted by atomic mass is 16.2. The van der Waals surface area contributed by atoms with Crippen molar-refractivity contribution in [3.8, 4) is 12.3 Å². The van der Waals surface area contributed by atoms with Crippen LogP contribution in [0.4, 0.5) is 0 Å². The van der Waals surface area contributed by atoms with Gasteiger partial charge in [-0.15, -0.1) is 6.42 Å². The number of amides is 2. The maximum absolute atomic E-state index is 12.3. The first-order valence-electron chi connectivity index (χ1n) is 6.25. The molecule has 17 heavy (non-hydrogen) atoms. The van der Waals surface area contributed by atoms with Crippen molar-refractivity contribution in [2.24, 2.45) is 0 Å². The molecule has 0 aromatic rings. The summed E-state index contributed by atoms with van der Waals surface area (Å²) < 4.78 is 0. The third kappa shape index (κ3) is 1.90. The number of nitrogens with zero attached hydrogens (tertiary/aromatic N) is 2. The highest BCUT2D eigenvalue weighted by Gasteiger charge is 2.45. The summed E-state index contributed by atoms with van der Waals surface area (Å²) in [5.41, 5.74) is 0. The van der Waals surface area contributed by atoms with Crippen molar-refractivity contribution in [1.29, 1.82) is 0 Å². The monoisotopic (exact) mass is 234 g/mol. The van der Waals surface area contributed by atoms with E-state index in [1.807, 2.05) is 6.92 Å². The molecule has 2 heterocycles. The number of piperidine rings is 1.